The number of hydrogen-bond acceptors (Lipinski definition) is 7. The van der Waals surface area contributed by atoms with Gasteiger partial charge in [0, 0.05) is 32.1 Å². The molecule has 3 N–H and O–H groups in total. The van der Waals surface area contributed by atoms with Gasteiger partial charge in [-0.1, -0.05) is 30.6 Å². The largest absolute Gasteiger partial charge is 0.473 e. The molecule has 31 heavy (non-hydrogen) atoms. The van der Waals surface area contributed by atoms with Crippen LogP contribution in [0.1, 0.15) is 38.7 Å². The molecule has 0 saturated carbocycles. The molecule has 172 valence electrons. The summed E-state index contributed by atoms with van der Waals surface area (Å²) < 4.78 is 0. The fourth-order valence-corrected chi connectivity index (χ4v) is 3.04. The van der Waals surface area contributed by atoms with Crippen molar-refractivity contribution in [1.29, 1.82) is 0 Å². The van der Waals surface area contributed by atoms with E-state index >= 15 is 0 Å². The first-order valence-corrected chi connectivity index (χ1v) is 10.2. The molecule has 1 aliphatic heterocycles. The van der Waals surface area contributed by atoms with Crippen molar-refractivity contribution in [3.63, 3.8) is 0 Å². The van der Waals surface area contributed by atoms with Gasteiger partial charge in [0.15, 0.2) is 0 Å². The fourth-order valence-electron chi connectivity index (χ4n) is 2.84. The van der Waals surface area contributed by atoms with Gasteiger partial charge in [0.2, 0.25) is 5.91 Å². The number of carbonyl (C=O) groups excluding carboxylic acids is 1. The van der Waals surface area contributed by atoms with E-state index in [1.807, 2.05) is 18.0 Å². The Morgan fingerprint density at radius 2 is 1.87 bits per heavy atom. The summed E-state index contributed by atoms with van der Waals surface area (Å²) in [5.74, 6) is -2.98. The molecular formula is C20H29ClN4O6. The Morgan fingerprint density at radius 3 is 2.35 bits per heavy atom. The molecule has 11 heteroatoms. The van der Waals surface area contributed by atoms with E-state index in [1.54, 1.807) is 12.3 Å². The zero-order chi connectivity index (χ0) is 23.4. The van der Waals surface area contributed by atoms with Gasteiger partial charge in [-0.2, -0.15) is 0 Å². The van der Waals surface area contributed by atoms with Gasteiger partial charge in [0.25, 0.3) is 0 Å². The van der Waals surface area contributed by atoms with Crippen molar-refractivity contribution in [2.24, 2.45) is 11.1 Å². The number of piperidine rings is 1. The summed E-state index contributed by atoms with van der Waals surface area (Å²) in [5.41, 5.74) is 1.93. The van der Waals surface area contributed by atoms with Crippen LogP contribution in [0.2, 0.25) is 5.15 Å². The van der Waals surface area contributed by atoms with Crippen LogP contribution >= 0.6 is 11.6 Å². The number of oxime groups is 1. The number of amides is 1. The van der Waals surface area contributed by atoms with E-state index in [2.05, 4.69) is 29.3 Å². The lowest BCUT2D eigenvalue weighted by Gasteiger charge is -2.31. The molecule has 0 bridgehead atoms. The number of nitrogens with one attached hydrogen (secondary N) is 1. The van der Waals surface area contributed by atoms with E-state index < -0.39 is 11.9 Å². The maximum atomic E-state index is 12.6. The molecule has 0 spiro atoms. The lowest BCUT2D eigenvalue weighted by molar-refractivity contribution is -0.159. The zero-order valence-electron chi connectivity index (χ0n) is 17.9. The molecule has 10 nitrogen and oxygen atoms in total. The SMILES string of the molecule is CN[C@@H](CC(C)C)C(=O)N1CCC(=NOCc2ccnc(Cl)c2)CC1.O=C(O)C(=O)O. The highest BCUT2D eigenvalue weighted by atomic mass is 35.5. The maximum Gasteiger partial charge on any atom is 0.414 e. The minimum Gasteiger partial charge on any atom is -0.473 e. The van der Waals surface area contributed by atoms with Gasteiger partial charge >= 0.3 is 11.9 Å². The average Bonchev–Trinajstić information content (AvgIpc) is 2.72. The second-order valence-electron chi connectivity index (χ2n) is 7.32. The number of nitrogens with zero attached hydrogens (tertiary/aromatic N) is 3. The summed E-state index contributed by atoms with van der Waals surface area (Å²) in [4.78, 5) is 42.0. The van der Waals surface area contributed by atoms with Crippen molar-refractivity contribution in [2.75, 3.05) is 20.1 Å². The van der Waals surface area contributed by atoms with Crippen molar-refractivity contribution in [1.82, 2.24) is 15.2 Å². The van der Waals surface area contributed by atoms with Crippen molar-refractivity contribution in [3.05, 3.63) is 29.0 Å². The highest BCUT2D eigenvalue weighted by Crippen LogP contribution is 2.14. The summed E-state index contributed by atoms with van der Waals surface area (Å²) in [6, 6.07) is 3.50. The number of likely N-dealkylation sites (tertiary alicyclic amines) is 1. The van der Waals surface area contributed by atoms with Crippen molar-refractivity contribution in [3.8, 4) is 0 Å². The van der Waals surface area contributed by atoms with Gasteiger partial charge in [-0.3, -0.25) is 4.79 Å². The first kappa shape index (κ1) is 26.3. The summed E-state index contributed by atoms with van der Waals surface area (Å²) >= 11 is 5.84. The molecule has 1 atom stereocenters. The van der Waals surface area contributed by atoms with Crippen LogP contribution in [-0.4, -0.2) is 69.8 Å². The van der Waals surface area contributed by atoms with Crippen molar-refractivity contribution >= 4 is 35.2 Å². The van der Waals surface area contributed by atoms with Crippen LogP contribution in [0.15, 0.2) is 23.5 Å². The van der Waals surface area contributed by atoms with Crippen LogP contribution in [0.3, 0.4) is 0 Å². The van der Waals surface area contributed by atoms with Gasteiger partial charge in [0.1, 0.15) is 11.8 Å². The van der Waals surface area contributed by atoms with Crippen molar-refractivity contribution in [2.45, 2.75) is 45.8 Å². The van der Waals surface area contributed by atoms with Crippen LogP contribution in [-0.2, 0) is 25.8 Å². The monoisotopic (exact) mass is 456 g/mol. The lowest BCUT2D eigenvalue weighted by atomic mass is 10.0. The number of likely N-dealkylation sites (N-methyl/N-ethyl adjacent to an activating group) is 1. The predicted octanol–water partition coefficient (Wildman–Crippen LogP) is 2.02. The van der Waals surface area contributed by atoms with Gasteiger partial charge in [-0.25, -0.2) is 14.6 Å². The molecule has 1 aliphatic rings. The molecule has 1 fully saturated rings. The minimum absolute atomic E-state index is 0.105. The average molecular weight is 457 g/mol. The standard InChI is InChI=1S/C18H27ClN4O2.C2H2O4/c1-13(2)10-16(20-3)18(24)23-8-5-15(6-9-23)22-25-12-14-4-7-21-17(19)11-14;3-1(4)2(5)6/h4,7,11,13,16,20H,5-6,8-10,12H2,1-3H3;(H,3,4)(H,5,6)/t16-;/m0./s1. The summed E-state index contributed by atoms with van der Waals surface area (Å²) in [6.45, 7) is 6.01. The number of carbonyl (C=O) groups is 3. The molecule has 1 amide bonds. The minimum atomic E-state index is -1.82. The Hall–Kier alpha value is -2.72. The number of aromatic nitrogens is 1. The van der Waals surface area contributed by atoms with Crippen LogP contribution in [0.4, 0.5) is 0 Å². The number of carboxylic acid groups (broad SMARTS) is 2. The fraction of sp³-hybridized carbons (Fsp3) is 0.550. The zero-order valence-corrected chi connectivity index (χ0v) is 18.6. The third-order valence-electron chi connectivity index (χ3n) is 4.40. The number of halogens is 1. The molecule has 1 aromatic heterocycles. The van der Waals surface area contributed by atoms with Crippen molar-refractivity contribution < 1.29 is 29.4 Å². The number of aliphatic carboxylic acids is 2. The highest BCUT2D eigenvalue weighted by molar-refractivity contribution is 6.29. The molecule has 0 radical (unpaired) electrons. The Labute approximate surface area is 186 Å². The first-order valence-electron chi connectivity index (χ1n) is 9.84. The van der Waals surface area contributed by atoms with E-state index in [0.29, 0.717) is 30.8 Å². The number of hydrogen-bond donors (Lipinski definition) is 3. The third kappa shape index (κ3) is 10.2. The van der Waals surface area contributed by atoms with E-state index in [-0.39, 0.29) is 11.9 Å². The molecule has 0 unspecified atom stereocenters. The topological polar surface area (TPSA) is 141 Å². The molecule has 0 aliphatic carbocycles. The third-order valence-corrected chi connectivity index (χ3v) is 4.61. The lowest BCUT2D eigenvalue weighted by Crippen LogP contribution is -2.48. The summed E-state index contributed by atoms with van der Waals surface area (Å²) in [5, 5.41) is 22.6. The van der Waals surface area contributed by atoms with Crippen LogP contribution < -0.4 is 5.32 Å². The Kier molecular flexibility index (Phi) is 11.5. The molecular weight excluding hydrogens is 428 g/mol. The Bertz CT molecular complexity index is 765. The molecule has 1 aromatic rings. The van der Waals surface area contributed by atoms with Gasteiger partial charge < -0.3 is 25.3 Å². The van der Waals surface area contributed by atoms with Crippen LogP contribution in [0, 0.1) is 5.92 Å². The van der Waals surface area contributed by atoms with Gasteiger partial charge in [0.05, 0.1) is 11.8 Å². The van der Waals surface area contributed by atoms with E-state index in [1.165, 1.54) is 0 Å². The predicted molar refractivity (Wildman–Crippen MR) is 115 cm³/mol. The normalized spacial score (nSPS) is 14.4. The molecule has 2 heterocycles. The number of rotatable bonds is 7. The van der Waals surface area contributed by atoms with E-state index in [9.17, 15) is 4.79 Å². The van der Waals surface area contributed by atoms with Crippen LogP contribution in [0.5, 0.6) is 0 Å². The first-order chi connectivity index (χ1) is 14.6. The van der Waals surface area contributed by atoms with Gasteiger partial charge in [-0.15, -0.1) is 0 Å². The smallest absolute Gasteiger partial charge is 0.414 e. The highest BCUT2D eigenvalue weighted by Gasteiger charge is 2.26. The molecule has 0 aromatic carbocycles. The number of pyridine rings is 1. The van der Waals surface area contributed by atoms with Crippen LogP contribution in [0.25, 0.3) is 0 Å². The van der Waals surface area contributed by atoms with E-state index in [0.717, 1.165) is 30.5 Å². The second-order valence-corrected chi connectivity index (χ2v) is 7.71. The van der Waals surface area contributed by atoms with Gasteiger partial charge in [-0.05, 0) is 37.1 Å². The summed E-state index contributed by atoms with van der Waals surface area (Å²) in [6.07, 6.45) is 4.00. The second kappa shape index (κ2) is 13.6. The Morgan fingerprint density at radius 1 is 1.26 bits per heavy atom. The van der Waals surface area contributed by atoms with E-state index in [4.69, 9.17) is 36.2 Å². The quantitative estimate of drug-likeness (QED) is 0.321. The number of carboxylic acids is 2. The molecule has 1 saturated heterocycles. The Balaban J connectivity index is 0.000000703. The summed E-state index contributed by atoms with van der Waals surface area (Å²) in [7, 11) is 1.85. The molecule has 2 rings (SSSR count). The maximum absolute atomic E-state index is 12.6.